The summed E-state index contributed by atoms with van der Waals surface area (Å²) < 4.78 is 0. The summed E-state index contributed by atoms with van der Waals surface area (Å²) in [4.78, 5) is 0. The molecule has 9 atom stereocenters. The molecular formula is C32H52O2. The topological polar surface area (TPSA) is 40.5 Å². The van der Waals surface area contributed by atoms with Gasteiger partial charge in [-0.3, -0.25) is 0 Å². The number of hydrogen-bond donors (Lipinski definition) is 2. The highest BCUT2D eigenvalue weighted by atomic mass is 16.3. The SMILES string of the molecule is C=C(C)[C@@H]1CC[C@]2(CCO)CC[C@]3(C)C(CCC4[C@@]5(C)CC/C(=C\O)C(C)(C)C5CC[C@]43C)C12. The second-order valence-corrected chi connectivity index (χ2v) is 14.9. The summed E-state index contributed by atoms with van der Waals surface area (Å²) in [6, 6.07) is 0. The van der Waals surface area contributed by atoms with Gasteiger partial charge in [-0.05, 0) is 140 Å². The molecule has 192 valence electrons. The molecule has 2 N–H and O–H groups in total. The van der Waals surface area contributed by atoms with Crippen LogP contribution < -0.4 is 0 Å². The van der Waals surface area contributed by atoms with E-state index in [1.165, 1.54) is 75.2 Å². The second-order valence-electron chi connectivity index (χ2n) is 14.9. The van der Waals surface area contributed by atoms with E-state index in [9.17, 15) is 10.2 Å². The van der Waals surface area contributed by atoms with Crippen LogP contribution in [0.25, 0.3) is 0 Å². The molecule has 0 spiro atoms. The number of rotatable bonds is 3. The second kappa shape index (κ2) is 7.87. The lowest BCUT2D eigenvalue weighted by Gasteiger charge is -2.72. The van der Waals surface area contributed by atoms with Gasteiger partial charge in [0.25, 0.3) is 0 Å². The van der Waals surface area contributed by atoms with Gasteiger partial charge in [0.15, 0.2) is 0 Å². The van der Waals surface area contributed by atoms with Crippen molar-refractivity contribution in [2.24, 2.45) is 56.7 Å². The van der Waals surface area contributed by atoms with Gasteiger partial charge in [0, 0.05) is 6.61 Å². The van der Waals surface area contributed by atoms with Crippen LogP contribution in [-0.2, 0) is 0 Å². The minimum atomic E-state index is 0.0974. The van der Waals surface area contributed by atoms with Gasteiger partial charge in [-0.1, -0.05) is 46.8 Å². The van der Waals surface area contributed by atoms with Crippen LogP contribution in [0.4, 0.5) is 0 Å². The highest BCUT2D eigenvalue weighted by Crippen LogP contribution is 2.78. The zero-order valence-electron chi connectivity index (χ0n) is 23.1. The van der Waals surface area contributed by atoms with Gasteiger partial charge in [0.1, 0.15) is 0 Å². The Morgan fingerprint density at radius 1 is 0.912 bits per heavy atom. The average Bonchev–Trinajstić information content (AvgIpc) is 3.14. The molecule has 0 aliphatic heterocycles. The molecule has 4 unspecified atom stereocenters. The van der Waals surface area contributed by atoms with E-state index in [-0.39, 0.29) is 5.41 Å². The Bertz CT molecular complexity index is 870. The van der Waals surface area contributed by atoms with Crippen molar-refractivity contribution in [2.45, 2.75) is 112 Å². The Morgan fingerprint density at radius 3 is 2.29 bits per heavy atom. The van der Waals surface area contributed by atoms with E-state index in [2.05, 4.69) is 48.1 Å². The predicted molar refractivity (Wildman–Crippen MR) is 141 cm³/mol. The van der Waals surface area contributed by atoms with Gasteiger partial charge in [-0.25, -0.2) is 0 Å². The van der Waals surface area contributed by atoms with Crippen LogP contribution in [0.5, 0.6) is 0 Å². The first-order valence-electron chi connectivity index (χ1n) is 14.5. The van der Waals surface area contributed by atoms with Crippen LogP contribution in [0, 0.1) is 56.7 Å². The van der Waals surface area contributed by atoms with Gasteiger partial charge in [0.2, 0.25) is 0 Å². The predicted octanol–water partition coefficient (Wildman–Crippen LogP) is 8.47. The summed E-state index contributed by atoms with van der Waals surface area (Å²) in [5, 5.41) is 20.1. The molecule has 2 heteroatoms. The number of hydrogen-bond acceptors (Lipinski definition) is 2. The molecule has 0 heterocycles. The van der Waals surface area contributed by atoms with E-state index in [1.807, 2.05) is 0 Å². The minimum Gasteiger partial charge on any atom is -0.516 e. The monoisotopic (exact) mass is 468 g/mol. The van der Waals surface area contributed by atoms with Crippen molar-refractivity contribution in [3.63, 3.8) is 0 Å². The van der Waals surface area contributed by atoms with E-state index >= 15 is 0 Å². The van der Waals surface area contributed by atoms with Crippen LogP contribution in [0.3, 0.4) is 0 Å². The van der Waals surface area contributed by atoms with Crippen molar-refractivity contribution >= 4 is 0 Å². The zero-order chi connectivity index (χ0) is 24.7. The van der Waals surface area contributed by atoms with Crippen molar-refractivity contribution in [2.75, 3.05) is 6.61 Å². The molecular weight excluding hydrogens is 416 g/mol. The highest BCUT2D eigenvalue weighted by Gasteiger charge is 2.70. The fraction of sp³-hybridized carbons (Fsp3) is 0.875. The standard InChI is InChI=1S/C32H52O2/c1-21(2)23-11-15-32(18-19-33)17-16-30(6)24(27(23)32)8-9-26-29(5)13-10-22(20-34)28(3,4)25(29)12-14-31(26,30)7/h20,23-27,33-34H,1,8-19H2,2-7H3/b22-20+/t23-,24?,25?,26?,27?,29-,30+,31+,32+/m0/s1. The van der Waals surface area contributed by atoms with E-state index < -0.39 is 0 Å². The van der Waals surface area contributed by atoms with Crippen LogP contribution >= 0.6 is 0 Å². The van der Waals surface area contributed by atoms with Crippen LogP contribution in [-0.4, -0.2) is 16.8 Å². The van der Waals surface area contributed by atoms with Crippen molar-refractivity contribution in [3.05, 3.63) is 24.0 Å². The van der Waals surface area contributed by atoms with Gasteiger partial charge in [0.05, 0.1) is 6.26 Å². The normalized spacial score (nSPS) is 52.9. The first kappa shape index (κ1) is 24.9. The lowest BCUT2D eigenvalue weighted by atomic mass is 9.32. The molecule has 0 aromatic heterocycles. The molecule has 0 saturated heterocycles. The summed E-state index contributed by atoms with van der Waals surface area (Å²) in [5.41, 5.74) is 4.24. The van der Waals surface area contributed by atoms with E-state index in [1.54, 1.807) is 0 Å². The van der Waals surface area contributed by atoms with Gasteiger partial charge >= 0.3 is 0 Å². The quantitative estimate of drug-likeness (QED) is 0.322. The number of aliphatic hydroxyl groups is 2. The molecule has 2 nitrogen and oxygen atoms in total. The fourth-order valence-electron chi connectivity index (χ4n) is 12.0. The van der Waals surface area contributed by atoms with Gasteiger partial charge in [-0.15, -0.1) is 0 Å². The smallest absolute Gasteiger partial charge is 0.0789 e. The summed E-state index contributed by atoms with van der Waals surface area (Å²) >= 11 is 0. The van der Waals surface area contributed by atoms with Crippen molar-refractivity contribution in [1.82, 2.24) is 0 Å². The molecule has 0 bridgehead atoms. The van der Waals surface area contributed by atoms with Crippen molar-refractivity contribution < 1.29 is 10.2 Å². The molecule has 5 aliphatic carbocycles. The third-order valence-corrected chi connectivity index (χ3v) is 13.9. The Hall–Kier alpha value is -0.760. The summed E-state index contributed by atoms with van der Waals surface area (Å²) in [7, 11) is 0. The van der Waals surface area contributed by atoms with Gasteiger partial charge in [-0.2, -0.15) is 0 Å². The van der Waals surface area contributed by atoms with E-state index in [4.69, 9.17) is 0 Å². The molecule has 0 aromatic carbocycles. The molecule has 34 heavy (non-hydrogen) atoms. The van der Waals surface area contributed by atoms with E-state index in [0.29, 0.717) is 46.0 Å². The third-order valence-electron chi connectivity index (χ3n) is 13.9. The number of allylic oxidation sites excluding steroid dienone is 2. The number of fused-ring (bicyclic) bond motifs is 7. The molecule has 0 radical (unpaired) electrons. The molecule has 5 rings (SSSR count). The first-order chi connectivity index (χ1) is 15.9. The van der Waals surface area contributed by atoms with Crippen molar-refractivity contribution in [3.8, 4) is 0 Å². The Kier molecular flexibility index (Phi) is 5.76. The minimum absolute atomic E-state index is 0.0974. The van der Waals surface area contributed by atoms with Crippen LogP contribution in [0.2, 0.25) is 0 Å². The molecule has 5 aliphatic rings. The Labute approximate surface area is 209 Å². The number of aliphatic hydroxyl groups excluding tert-OH is 2. The third kappa shape index (κ3) is 2.96. The maximum absolute atomic E-state index is 10.1. The molecule has 0 amide bonds. The van der Waals surface area contributed by atoms with Crippen LogP contribution in [0.15, 0.2) is 24.0 Å². The fourth-order valence-corrected chi connectivity index (χ4v) is 12.0. The first-order valence-corrected chi connectivity index (χ1v) is 14.5. The highest BCUT2D eigenvalue weighted by molar-refractivity contribution is 5.25. The maximum Gasteiger partial charge on any atom is 0.0789 e. The molecule has 0 aromatic rings. The van der Waals surface area contributed by atoms with Crippen molar-refractivity contribution in [1.29, 1.82) is 0 Å². The maximum atomic E-state index is 10.1. The summed E-state index contributed by atoms with van der Waals surface area (Å²) in [6.07, 6.45) is 15.3. The van der Waals surface area contributed by atoms with E-state index in [0.717, 1.165) is 24.7 Å². The largest absolute Gasteiger partial charge is 0.516 e. The lowest BCUT2D eigenvalue weighted by molar-refractivity contribution is -0.232. The van der Waals surface area contributed by atoms with Crippen LogP contribution in [0.1, 0.15) is 112 Å². The lowest BCUT2D eigenvalue weighted by Crippen LogP contribution is -2.65. The summed E-state index contributed by atoms with van der Waals surface area (Å²) in [5.74, 6) is 3.56. The summed E-state index contributed by atoms with van der Waals surface area (Å²) in [6.45, 7) is 20.0. The molecule has 5 fully saturated rings. The average molecular weight is 469 g/mol. The Balaban J connectivity index is 1.54. The molecule has 5 saturated carbocycles. The Morgan fingerprint density at radius 2 is 1.65 bits per heavy atom. The van der Waals surface area contributed by atoms with Gasteiger partial charge < -0.3 is 10.2 Å². The zero-order valence-corrected chi connectivity index (χ0v) is 23.1.